The van der Waals surface area contributed by atoms with Gasteiger partial charge in [-0.05, 0) is 34.1 Å². The van der Waals surface area contributed by atoms with Crippen LogP contribution in [0.4, 0.5) is 5.69 Å². The molecule has 1 aromatic heterocycles. The lowest BCUT2D eigenvalue weighted by Gasteiger charge is -2.12. The molecule has 0 aliphatic rings. The lowest BCUT2D eigenvalue weighted by atomic mass is 10.2. The summed E-state index contributed by atoms with van der Waals surface area (Å²) in [6.45, 7) is -0.0986. The van der Waals surface area contributed by atoms with Crippen LogP contribution < -0.4 is 20.3 Å². The number of halogens is 1. The van der Waals surface area contributed by atoms with E-state index < -0.39 is 0 Å². The first-order valence-electron chi connectivity index (χ1n) is 6.41. The van der Waals surface area contributed by atoms with Crippen LogP contribution in [0.5, 0.6) is 11.5 Å². The number of rotatable bonds is 5. The number of hydrogen-bond donors (Lipinski definition) is 1. The van der Waals surface area contributed by atoms with Crippen molar-refractivity contribution in [3.8, 4) is 11.5 Å². The highest BCUT2D eigenvalue weighted by Crippen LogP contribution is 2.28. The second-order valence-electron chi connectivity index (χ2n) is 4.43. The van der Waals surface area contributed by atoms with Crippen LogP contribution in [0.3, 0.4) is 0 Å². The fraction of sp³-hybridized carbons (Fsp3) is 0.200. The highest BCUT2D eigenvalue weighted by molar-refractivity contribution is 9.10. The predicted octanol–water partition coefficient (Wildman–Crippen LogP) is 2.27. The maximum Gasteiger partial charge on any atom is 0.251 e. The summed E-state index contributed by atoms with van der Waals surface area (Å²) < 4.78 is 12.3. The predicted molar refractivity (Wildman–Crippen MR) is 86.6 cm³/mol. The number of nitrogens with one attached hydrogen (secondary N) is 1. The molecule has 2 rings (SSSR count). The molecule has 22 heavy (non-hydrogen) atoms. The van der Waals surface area contributed by atoms with E-state index in [1.807, 2.05) is 0 Å². The lowest BCUT2D eigenvalue weighted by molar-refractivity contribution is -0.116. The quantitative estimate of drug-likeness (QED) is 0.880. The Morgan fingerprint density at radius 1 is 1.23 bits per heavy atom. The highest BCUT2D eigenvalue weighted by Gasteiger charge is 2.10. The van der Waals surface area contributed by atoms with Crippen molar-refractivity contribution in [1.82, 2.24) is 4.57 Å². The van der Waals surface area contributed by atoms with E-state index >= 15 is 0 Å². The summed E-state index contributed by atoms with van der Waals surface area (Å²) in [5, 5.41) is 2.71. The van der Waals surface area contributed by atoms with Gasteiger partial charge in [0.25, 0.3) is 5.56 Å². The maximum atomic E-state index is 12.1. The van der Waals surface area contributed by atoms with Crippen LogP contribution in [0.25, 0.3) is 0 Å². The average molecular weight is 367 g/mol. The number of methoxy groups -OCH3 is 2. The third kappa shape index (κ3) is 3.88. The SMILES string of the molecule is COc1ccc(OC)c(NC(=O)Cn2cc(Br)ccc2=O)c1. The van der Waals surface area contributed by atoms with Gasteiger partial charge in [0.15, 0.2) is 0 Å². The fourth-order valence-electron chi connectivity index (χ4n) is 1.88. The lowest BCUT2D eigenvalue weighted by Crippen LogP contribution is -2.26. The smallest absolute Gasteiger partial charge is 0.251 e. The van der Waals surface area contributed by atoms with Crippen molar-refractivity contribution in [1.29, 1.82) is 0 Å². The number of carbonyl (C=O) groups excluding carboxylic acids is 1. The van der Waals surface area contributed by atoms with Gasteiger partial charge in [-0.2, -0.15) is 0 Å². The van der Waals surface area contributed by atoms with Crippen LogP contribution in [0.2, 0.25) is 0 Å². The first-order valence-corrected chi connectivity index (χ1v) is 7.20. The van der Waals surface area contributed by atoms with Gasteiger partial charge in [0.1, 0.15) is 18.0 Å². The second kappa shape index (κ2) is 7.13. The van der Waals surface area contributed by atoms with Crippen molar-refractivity contribution < 1.29 is 14.3 Å². The monoisotopic (exact) mass is 366 g/mol. The zero-order valence-corrected chi connectivity index (χ0v) is 13.7. The molecular weight excluding hydrogens is 352 g/mol. The molecular formula is C15H15BrN2O4. The molecule has 2 aromatic rings. The minimum Gasteiger partial charge on any atom is -0.497 e. The Bertz CT molecular complexity index is 743. The number of hydrogen-bond acceptors (Lipinski definition) is 4. The van der Waals surface area contributed by atoms with Crippen LogP contribution in [0.15, 0.2) is 45.8 Å². The first-order chi connectivity index (χ1) is 10.5. The number of ether oxygens (including phenoxy) is 2. The summed E-state index contributed by atoms with van der Waals surface area (Å²) in [5.74, 6) is 0.762. The molecule has 1 aromatic carbocycles. The van der Waals surface area contributed by atoms with Crippen molar-refractivity contribution in [2.75, 3.05) is 19.5 Å². The maximum absolute atomic E-state index is 12.1. The number of nitrogens with zero attached hydrogens (tertiary/aromatic N) is 1. The third-order valence-electron chi connectivity index (χ3n) is 2.94. The van der Waals surface area contributed by atoms with E-state index in [2.05, 4.69) is 21.2 Å². The topological polar surface area (TPSA) is 69.6 Å². The van der Waals surface area contributed by atoms with Crippen LogP contribution in [-0.4, -0.2) is 24.7 Å². The van der Waals surface area contributed by atoms with Gasteiger partial charge in [0.2, 0.25) is 5.91 Å². The molecule has 0 saturated carbocycles. The molecule has 0 spiro atoms. The summed E-state index contributed by atoms with van der Waals surface area (Å²) in [6, 6.07) is 8.10. The van der Waals surface area contributed by atoms with E-state index in [-0.39, 0.29) is 18.0 Å². The van der Waals surface area contributed by atoms with Crippen LogP contribution in [0, 0.1) is 0 Å². The Labute approximate surface area is 135 Å². The Kier molecular flexibility index (Phi) is 5.21. The van der Waals surface area contributed by atoms with Gasteiger partial charge >= 0.3 is 0 Å². The van der Waals surface area contributed by atoms with Gasteiger partial charge < -0.3 is 19.4 Å². The van der Waals surface area contributed by atoms with E-state index in [1.54, 1.807) is 30.5 Å². The third-order valence-corrected chi connectivity index (χ3v) is 3.41. The van der Waals surface area contributed by atoms with Crippen molar-refractivity contribution >= 4 is 27.5 Å². The van der Waals surface area contributed by atoms with Crippen molar-refractivity contribution in [3.63, 3.8) is 0 Å². The molecule has 0 aliphatic heterocycles. The van der Waals surface area contributed by atoms with Crippen LogP contribution in [-0.2, 0) is 11.3 Å². The fourth-order valence-corrected chi connectivity index (χ4v) is 2.26. The van der Waals surface area contributed by atoms with E-state index in [0.717, 1.165) is 4.47 Å². The number of benzene rings is 1. The van der Waals surface area contributed by atoms with Crippen LogP contribution in [0.1, 0.15) is 0 Å². The number of carbonyl (C=O) groups is 1. The second-order valence-corrected chi connectivity index (χ2v) is 5.34. The first kappa shape index (κ1) is 16.1. The zero-order valence-electron chi connectivity index (χ0n) is 12.1. The Balaban J connectivity index is 2.18. The summed E-state index contributed by atoms with van der Waals surface area (Å²) in [7, 11) is 3.05. The normalized spacial score (nSPS) is 10.1. The minimum atomic E-state index is -0.341. The molecule has 0 radical (unpaired) electrons. The Morgan fingerprint density at radius 2 is 2.00 bits per heavy atom. The molecule has 1 N–H and O–H groups in total. The summed E-state index contributed by atoms with van der Waals surface area (Å²) in [4.78, 5) is 23.8. The molecule has 7 heteroatoms. The molecule has 0 bridgehead atoms. The number of aromatic nitrogens is 1. The van der Waals surface area contributed by atoms with Gasteiger partial charge in [-0.1, -0.05) is 0 Å². The minimum absolute atomic E-state index is 0.0986. The molecule has 0 unspecified atom stereocenters. The number of pyridine rings is 1. The molecule has 0 aliphatic carbocycles. The molecule has 6 nitrogen and oxygen atoms in total. The van der Waals surface area contributed by atoms with E-state index in [1.165, 1.54) is 24.9 Å². The number of amides is 1. The standard InChI is InChI=1S/C15H15BrN2O4/c1-21-11-4-5-13(22-2)12(7-11)17-14(19)9-18-8-10(16)3-6-15(18)20/h3-8H,9H2,1-2H3,(H,17,19). The molecule has 0 atom stereocenters. The molecule has 1 heterocycles. The van der Waals surface area contributed by atoms with Gasteiger partial charge in [-0.3, -0.25) is 9.59 Å². The van der Waals surface area contributed by atoms with Crippen molar-refractivity contribution in [3.05, 3.63) is 51.4 Å². The molecule has 116 valence electrons. The molecule has 1 amide bonds. The van der Waals surface area contributed by atoms with Crippen molar-refractivity contribution in [2.24, 2.45) is 0 Å². The Hall–Kier alpha value is -2.28. The van der Waals surface area contributed by atoms with Crippen molar-refractivity contribution in [2.45, 2.75) is 6.54 Å². The summed E-state index contributed by atoms with van der Waals surface area (Å²) >= 11 is 3.27. The van der Waals surface area contributed by atoms with Gasteiger partial charge in [-0.15, -0.1) is 0 Å². The molecule has 0 saturated heterocycles. The largest absolute Gasteiger partial charge is 0.497 e. The van der Waals surface area contributed by atoms with Gasteiger partial charge in [0.05, 0.1) is 19.9 Å². The van der Waals surface area contributed by atoms with E-state index in [9.17, 15) is 9.59 Å². The van der Waals surface area contributed by atoms with Gasteiger partial charge in [-0.25, -0.2) is 0 Å². The van der Waals surface area contributed by atoms with Crippen LogP contribution >= 0.6 is 15.9 Å². The summed E-state index contributed by atoms with van der Waals surface area (Å²) in [5.41, 5.74) is 0.228. The summed E-state index contributed by atoms with van der Waals surface area (Å²) in [6.07, 6.45) is 1.56. The van der Waals surface area contributed by atoms with E-state index in [4.69, 9.17) is 9.47 Å². The van der Waals surface area contributed by atoms with E-state index in [0.29, 0.717) is 17.2 Å². The highest BCUT2D eigenvalue weighted by atomic mass is 79.9. The molecule has 0 fully saturated rings. The van der Waals surface area contributed by atoms with Gasteiger partial charge in [0, 0.05) is 22.8 Å². The number of anilines is 1. The Morgan fingerprint density at radius 3 is 2.68 bits per heavy atom. The zero-order chi connectivity index (χ0) is 16.1. The average Bonchev–Trinajstić information content (AvgIpc) is 2.50.